The van der Waals surface area contributed by atoms with Gasteiger partial charge in [0.05, 0.1) is 11.1 Å². The summed E-state index contributed by atoms with van der Waals surface area (Å²) in [6, 6.07) is 90.8. The number of nitrogens with zero attached hydrogens (tertiary/aromatic N) is 1. The third kappa shape index (κ3) is 5.88. The van der Waals surface area contributed by atoms with Crippen molar-refractivity contribution in [2.75, 3.05) is 4.90 Å². The molecule has 0 unspecified atom stereocenters. The minimum atomic E-state index is -0.546. The van der Waals surface area contributed by atoms with Gasteiger partial charge in [-0.1, -0.05) is 214 Å². The molecular formula is C67H49N. The topological polar surface area (TPSA) is 3.24 Å². The first-order valence-electron chi connectivity index (χ1n) is 23.9. The van der Waals surface area contributed by atoms with Crippen molar-refractivity contribution in [3.63, 3.8) is 0 Å². The standard InChI is InChI=1S/C67H49N/c1-44-39-47(59-40-46-23-13-14-28-52(46)53-29-15-16-30-54(53)59)41-60(45-21-7-4-8-22-45)65(44)68(50-35-37-57-55-31-17-19-33-61(55)66(2,3)63(57)42-50)51-36-38-58-56-32-18-20-34-62(56)67(64(58)43-51,48-24-9-5-10-25-48)49-26-11-6-12-27-49/h4-43H,1-3H3. The molecule has 0 saturated heterocycles. The Morgan fingerprint density at radius 3 is 1.50 bits per heavy atom. The number of rotatable bonds is 7. The molecule has 0 saturated carbocycles. The SMILES string of the molecule is Cc1cc(-c2cc3ccccc3c3ccccc23)cc(-c2ccccc2)c1N(c1ccc2c(c1)C(C)(C)c1ccccc1-2)c1ccc2c(c1)C(c1ccccc1)(c1ccccc1)c1ccccc1-2. The number of hydrogen-bond acceptors (Lipinski definition) is 1. The summed E-state index contributed by atoms with van der Waals surface area (Å²) in [6.07, 6.45) is 0. The molecule has 0 aliphatic heterocycles. The molecule has 13 rings (SSSR count). The summed E-state index contributed by atoms with van der Waals surface area (Å²) in [5, 5.41) is 5.04. The summed E-state index contributed by atoms with van der Waals surface area (Å²) >= 11 is 0. The fraction of sp³-hybridized carbons (Fsp3) is 0.0746. The normalized spacial score (nSPS) is 13.8. The van der Waals surface area contributed by atoms with E-state index in [4.69, 9.17) is 0 Å². The largest absolute Gasteiger partial charge is 0.310 e. The van der Waals surface area contributed by atoms with Gasteiger partial charge < -0.3 is 4.90 Å². The van der Waals surface area contributed by atoms with Gasteiger partial charge in [0.15, 0.2) is 0 Å². The predicted octanol–water partition coefficient (Wildman–Crippen LogP) is 17.8. The third-order valence-electron chi connectivity index (χ3n) is 15.2. The highest BCUT2D eigenvalue weighted by atomic mass is 15.1. The molecule has 322 valence electrons. The van der Waals surface area contributed by atoms with E-state index in [9.17, 15) is 0 Å². The average Bonchev–Trinajstić information content (AvgIpc) is 3.82. The molecule has 1 nitrogen and oxygen atoms in total. The lowest BCUT2D eigenvalue weighted by molar-refractivity contribution is 0.660. The molecule has 1 heteroatoms. The zero-order chi connectivity index (χ0) is 45.6. The van der Waals surface area contributed by atoms with Gasteiger partial charge in [0.2, 0.25) is 0 Å². The van der Waals surface area contributed by atoms with Gasteiger partial charge in [0.1, 0.15) is 0 Å². The van der Waals surface area contributed by atoms with E-state index >= 15 is 0 Å². The Labute approximate surface area is 399 Å². The van der Waals surface area contributed by atoms with Crippen molar-refractivity contribution in [1.29, 1.82) is 0 Å². The van der Waals surface area contributed by atoms with Gasteiger partial charge in [-0.25, -0.2) is 0 Å². The Hall–Kier alpha value is -8.26. The Bertz CT molecular complexity index is 3730. The van der Waals surface area contributed by atoms with Gasteiger partial charge in [-0.3, -0.25) is 0 Å². The summed E-state index contributed by atoms with van der Waals surface area (Å²) in [4.78, 5) is 2.57. The zero-order valence-corrected chi connectivity index (χ0v) is 38.5. The van der Waals surface area contributed by atoms with E-state index in [1.807, 2.05) is 0 Å². The molecule has 0 amide bonds. The summed E-state index contributed by atoms with van der Waals surface area (Å²) in [5.41, 5.74) is 21.7. The van der Waals surface area contributed by atoms with Crippen LogP contribution in [0, 0.1) is 6.92 Å². The highest BCUT2D eigenvalue weighted by Crippen LogP contribution is 2.58. The third-order valence-corrected chi connectivity index (χ3v) is 15.2. The van der Waals surface area contributed by atoms with Gasteiger partial charge in [-0.15, -0.1) is 0 Å². The molecule has 0 heterocycles. The molecule has 2 aliphatic carbocycles. The Morgan fingerprint density at radius 2 is 0.824 bits per heavy atom. The smallest absolute Gasteiger partial charge is 0.0714 e. The van der Waals surface area contributed by atoms with Crippen LogP contribution >= 0.6 is 0 Å². The Morgan fingerprint density at radius 1 is 0.324 bits per heavy atom. The van der Waals surface area contributed by atoms with Crippen LogP contribution in [0.2, 0.25) is 0 Å². The molecule has 0 radical (unpaired) electrons. The lowest BCUT2D eigenvalue weighted by Crippen LogP contribution is -2.28. The second kappa shape index (κ2) is 15.4. The first-order valence-corrected chi connectivity index (χ1v) is 23.9. The monoisotopic (exact) mass is 867 g/mol. The Balaban J connectivity index is 1.11. The predicted molar refractivity (Wildman–Crippen MR) is 287 cm³/mol. The van der Waals surface area contributed by atoms with Crippen LogP contribution in [0.3, 0.4) is 0 Å². The van der Waals surface area contributed by atoms with Crippen LogP contribution in [-0.2, 0) is 10.8 Å². The van der Waals surface area contributed by atoms with Gasteiger partial charge in [0.25, 0.3) is 0 Å². The summed E-state index contributed by atoms with van der Waals surface area (Å²) in [5.74, 6) is 0. The second-order valence-electron chi connectivity index (χ2n) is 19.2. The quantitative estimate of drug-likeness (QED) is 0.144. The molecule has 11 aromatic carbocycles. The molecule has 68 heavy (non-hydrogen) atoms. The van der Waals surface area contributed by atoms with E-state index in [1.165, 1.54) is 111 Å². The van der Waals surface area contributed by atoms with E-state index in [-0.39, 0.29) is 5.41 Å². The van der Waals surface area contributed by atoms with E-state index < -0.39 is 5.41 Å². The van der Waals surface area contributed by atoms with Crippen LogP contribution in [0.1, 0.15) is 52.8 Å². The Kier molecular flexibility index (Phi) is 9.07. The summed E-state index contributed by atoms with van der Waals surface area (Å²) in [7, 11) is 0. The minimum absolute atomic E-state index is 0.179. The van der Waals surface area contributed by atoms with Crippen LogP contribution < -0.4 is 4.90 Å². The van der Waals surface area contributed by atoms with Crippen LogP contribution in [0.25, 0.3) is 66.1 Å². The van der Waals surface area contributed by atoms with Crippen molar-refractivity contribution in [2.24, 2.45) is 0 Å². The molecule has 0 aromatic heterocycles. The summed E-state index contributed by atoms with van der Waals surface area (Å²) in [6.45, 7) is 7.09. The van der Waals surface area contributed by atoms with Crippen LogP contribution in [0.15, 0.2) is 243 Å². The van der Waals surface area contributed by atoms with Crippen LogP contribution in [0.5, 0.6) is 0 Å². The van der Waals surface area contributed by atoms with E-state index in [1.54, 1.807) is 0 Å². The van der Waals surface area contributed by atoms with Gasteiger partial charge in [0, 0.05) is 22.4 Å². The minimum Gasteiger partial charge on any atom is -0.310 e. The molecule has 0 N–H and O–H groups in total. The van der Waals surface area contributed by atoms with Crippen molar-refractivity contribution in [3.05, 3.63) is 282 Å². The molecule has 0 atom stereocenters. The maximum atomic E-state index is 2.57. The van der Waals surface area contributed by atoms with Crippen molar-refractivity contribution in [1.82, 2.24) is 0 Å². The summed E-state index contributed by atoms with van der Waals surface area (Å²) < 4.78 is 0. The molecule has 2 aliphatic rings. The first kappa shape index (κ1) is 40.1. The lowest BCUT2D eigenvalue weighted by atomic mass is 9.67. The van der Waals surface area contributed by atoms with Crippen LogP contribution in [-0.4, -0.2) is 0 Å². The lowest BCUT2D eigenvalue weighted by Gasteiger charge is -2.35. The maximum absolute atomic E-state index is 2.57. The number of fused-ring (bicyclic) bond motifs is 9. The first-order chi connectivity index (χ1) is 33.4. The van der Waals surface area contributed by atoms with Gasteiger partial charge >= 0.3 is 0 Å². The van der Waals surface area contributed by atoms with E-state index in [2.05, 4.69) is 268 Å². The number of aryl methyl sites for hydroxylation is 1. The van der Waals surface area contributed by atoms with Crippen LogP contribution in [0.4, 0.5) is 17.1 Å². The zero-order valence-electron chi connectivity index (χ0n) is 38.5. The molecule has 0 spiro atoms. The van der Waals surface area contributed by atoms with Crippen molar-refractivity contribution in [3.8, 4) is 44.5 Å². The fourth-order valence-electron chi connectivity index (χ4n) is 12.2. The van der Waals surface area contributed by atoms with Gasteiger partial charge in [-0.05, 0) is 149 Å². The van der Waals surface area contributed by atoms with Crippen molar-refractivity contribution < 1.29 is 0 Å². The van der Waals surface area contributed by atoms with Crippen molar-refractivity contribution >= 4 is 38.6 Å². The van der Waals surface area contributed by atoms with Crippen molar-refractivity contribution in [2.45, 2.75) is 31.6 Å². The maximum Gasteiger partial charge on any atom is 0.0714 e. The molecule has 0 bridgehead atoms. The average molecular weight is 868 g/mol. The van der Waals surface area contributed by atoms with E-state index in [0.717, 1.165) is 11.4 Å². The number of hydrogen-bond donors (Lipinski definition) is 0. The second-order valence-corrected chi connectivity index (χ2v) is 19.2. The van der Waals surface area contributed by atoms with E-state index in [0.29, 0.717) is 0 Å². The number of anilines is 3. The van der Waals surface area contributed by atoms with Gasteiger partial charge in [-0.2, -0.15) is 0 Å². The molecule has 11 aromatic rings. The highest BCUT2D eigenvalue weighted by Gasteiger charge is 2.46. The molecule has 0 fully saturated rings. The highest BCUT2D eigenvalue weighted by molar-refractivity contribution is 6.14. The molecular weight excluding hydrogens is 819 g/mol. The number of benzene rings is 11. The fourth-order valence-corrected chi connectivity index (χ4v) is 12.2.